The summed E-state index contributed by atoms with van der Waals surface area (Å²) < 4.78 is 27.3. The second-order valence-electron chi connectivity index (χ2n) is 9.33. The summed E-state index contributed by atoms with van der Waals surface area (Å²) in [4.78, 5) is 13.9. The molecule has 32 heavy (non-hydrogen) atoms. The van der Waals surface area contributed by atoms with Gasteiger partial charge in [-0.1, -0.05) is 61.7 Å². The van der Waals surface area contributed by atoms with Crippen molar-refractivity contribution in [2.45, 2.75) is 62.2 Å². The predicted octanol–water partition coefficient (Wildman–Crippen LogP) is 4.41. The standard InChI is InChI=1S/C26H34N2O3S/c1-21-10-6-7-13-24(21)26(16-8-3-9-17-26)25(29)27-20-22-14-18-28(19-15-22)32(30,31)23-11-4-2-5-12-23/h2,4-7,10-13,22H,3,8-9,14-20H2,1H3,(H,27,29). The first kappa shape index (κ1) is 23.0. The molecule has 0 atom stereocenters. The summed E-state index contributed by atoms with van der Waals surface area (Å²) in [5.41, 5.74) is 1.92. The maximum Gasteiger partial charge on any atom is 0.243 e. The molecule has 0 spiro atoms. The molecule has 0 bridgehead atoms. The van der Waals surface area contributed by atoms with Crippen LogP contribution in [0.3, 0.4) is 0 Å². The van der Waals surface area contributed by atoms with Gasteiger partial charge in [-0.05, 0) is 61.8 Å². The number of amides is 1. The predicted molar refractivity (Wildman–Crippen MR) is 127 cm³/mol. The van der Waals surface area contributed by atoms with Crippen LogP contribution in [0.4, 0.5) is 0 Å². The second kappa shape index (κ2) is 9.75. The number of aryl methyl sites for hydroxylation is 1. The van der Waals surface area contributed by atoms with Crippen molar-refractivity contribution in [2.24, 2.45) is 5.92 Å². The second-order valence-corrected chi connectivity index (χ2v) is 11.3. The SMILES string of the molecule is Cc1ccccc1C1(C(=O)NCC2CCN(S(=O)(=O)c3ccccc3)CC2)CCCCC1. The third-order valence-electron chi connectivity index (χ3n) is 7.31. The van der Waals surface area contributed by atoms with Crippen molar-refractivity contribution in [3.05, 3.63) is 65.7 Å². The van der Waals surface area contributed by atoms with Gasteiger partial charge in [-0.3, -0.25) is 4.79 Å². The van der Waals surface area contributed by atoms with E-state index in [1.807, 2.05) is 18.2 Å². The van der Waals surface area contributed by atoms with E-state index in [4.69, 9.17) is 0 Å². The molecule has 1 saturated heterocycles. The van der Waals surface area contributed by atoms with Gasteiger partial charge in [-0.25, -0.2) is 8.42 Å². The summed E-state index contributed by atoms with van der Waals surface area (Å²) in [7, 11) is -3.44. The van der Waals surface area contributed by atoms with Crippen LogP contribution in [0, 0.1) is 12.8 Å². The smallest absolute Gasteiger partial charge is 0.243 e. The van der Waals surface area contributed by atoms with E-state index in [0.29, 0.717) is 30.4 Å². The quantitative estimate of drug-likeness (QED) is 0.703. The Kier molecular flexibility index (Phi) is 7.01. The summed E-state index contributed by atoms with van der Waals surface area (Å²) in [5, 5.41) is 3.27. The highest BCUT2D eigenvalue weighted by molar-refractivity contribution is 7.89. The Morgan fingerprint density at radius 3 is 2.25 bits per heavy atom. The first-order chi connectivity index (χ1) is 15.4. The highest BCUT2D eigenvalue weighted by atomic mass is 32.2. The highest BCUT2D eigenvalue weighted by Gasteiger charge is 2.42. The van der Waals surface area contributed by atoms with E-state index in [2.05, 4.69) is 24.4 Å². The summed E-state index contributed by atoms with van der Waals surface area (Å²) in [6.45, 7) is 3.72. The van der Waals surface area contributed by atoms with Gasteiger partial charge >= 0.3 is 0 Å². The van der Waals surface area contributed by atoms with E-state index in [0.717, 1.165) is 38.5 Å². The van der Waals surface area contributed by atoms with Gasteiger partial charge in [0.2, 0.25) is 15.9 Å². The first-order valence-electron chi connectivity index (χ1n) is 11.8. The third kappa shape index (κ3) is 4.62. The Morgan fingerprint density at radius 2 is 1.59 bits per heavy atom. The maximum atomic E-state index is 13.5. The summed E-state index contributed by atoms with van der Waals surface area (Å²) in [5.74, 6) is 0.449. The van der Waals surface area contributed by atoms with E-state index < -0.39 is 15.4 Å². The molecule has 1 aliphatic carbocycles. The summed E-state index contributed by atoms with van der Waals surface area (Å²) in [6, 6.07) is 16.9. The largest absolute Gasteiger partial charge is 0.355 e. The van der Waals surface area contributed by atoms with Crippen LogP contribution in [-0.4, -0.2) is 38.3 Å². The van der Waals surface area contributed by atoms with Crippen molar-refractivity contribution in [2.75, 3.05) is 19.6 Å². The summed E-state index contributed by atoms with van der Waals surface area (Å²) in [6.07, 6.45) is 6.69. The molecule has 1 amide bonds. The van der Waals surface area contributed by atoms with Crippen molar-refractivity contribution in [3.63, 3.8) is 0 Å². The van der Waals surface area contributed by atoms with Crippen LogP contribution in [-0.2, 0) is 20.2 Å². The average molecular weight is 455 g/mol. The van der Waals surface area contributed by atoms with Gasteiger partial charge in [0.25, 0.3) is 0 Å². The van der Waals surface area contributed by atoms with Gasteiger partial charge in [-0.15, -0.1) is 0 Å². The first-order valence-corrected chi connectivity index (χ1v) is 13.3. The fourth-order valence-electron chi connectivity index (χ4n) is 5.39. The molecule has 6 heteroatoms. The zero-order valence-corrected chi connectivity index (χ0v) is 19.7. The number of nitrogens with one attached hydrogen (secondary N) is 1. The van der Waals surface area contributed by atoms with Gasteiger partial charge in [0.15, 0.2) is 0 Å². The van der Waals surface area contributed by atoms with Gasteiger partial charge in [0.1, 0.15) is 0 Å². The molecular weight excluding hydrogens is 420 g/mol. The van der Waals surface area contributed by atoms with Crippen LogP contribution in [0.15, 0.2) is 59.5 Å². The van der Waals surface area contributed by atoms with Crippen LogP contribution < -0.4 is 5.32 Å². The van der Waals surface area contributed by atoms with Crippen molar-refractivity contribution < 1.29 is 13.2 Å². The highest BCUT2D eigenvalue weighted by Crippen LogP contribution is 2.41. The molecule has 2 aromatic carbocycles. The number of hydrogen-bond acceptors (Lipinski definition) is 3. The number of benzene rings is 2. The Bertz CT molecular complexity index is 1020. The van der Waals surface area contributed by atoms with E-state index in [9.17, 15) is 13.2 Å². The van der Waals surface area contributed by atoms with Crippen molar-refractivity contribution in [1.29, 1.82) is 0 Å². The number of piperidine rings is 1. The fraction of sp³-hybridized carbons (Fsp3) is 0.500. The topological polar surface area (TPSA) is 66.5 Å². The minimum Gasteiger partial charge on any atom is -0.355 e. The van der Waals surface area contributed by atoms with Gasteiger partial charge in [0.05, 0.1) is 10.3 Å². The van der Waals surface area contributed by atoms with Crippen molar-refractivity contribution in [3.8, 4) is 0 Å². The Hall–Kier alpha value is -2.18. The molecule has 2 fully saturated rings. The van der Waals surface area contributed by atoms with Gasteiger partial charge in [-0.2, -0.15) is 4.31 Å². The lowest BCUT2D eigenvalue weighted by Gasteiger charge is -2.38. The Morgan fingerprint density at radius 1 is 0.969 bits per heavy atom. The normalized spacial score (nSPS) is 20.0. The van der Waals surface area contributed by atoms with Crippen LogP contribution in [0.5, 0.6) is 0 Å². The van der Waals surface area contributed by atoms with Gasteiger partial charge < -0.3 is 5.32 Å². The minimum atomic E-state index is -3.44. The van der Waals surface area contributed by atoms with E-state index in [-0.39, 0.29) is 5.91 Å². The van der Waals surface area contributed by atoms with Crippen molar-refractivity contribution in [1.82, 2.24) is 9.62 Å². The molecule has 0 aromatic heterocycles. The maximum absolute atomic E-state index is 13.5. The zero-order chi connectivity index (χ0) is 22.6. The molecule has 0 unspecified atom stereocenters. The lowest BCUT2D eigenvalue weighted by Crippen LogP contribution is -2.48. The Balaban J connectivity index is 1.38. The van der Waals surface area contributed by atoms with E-state index >= 15 is 0 Å². The molecule has 5 nitrogen and oxygen atoms in total. The van der Waals surface area contributed by atoms with E-state index in [1.54, 1.807) is 28.6 Å². The fourth-order valence-corrected chi connectivity index (χ4v) is 6.88. The number of carbonyl (C=O) groups excluding carboxylic acids is 1. The number of hydrogen-bond donors (Lipinski definition) is 1. The molecule has 2 aliphatic rings. The number of carbonyl (C=O) groups is 1. The molecule has 0 radical (unpaired) electrons. The van der Waals surface area contributed by atoms with Crippen molar-refractivity contribution >= 4 is 15.9 Å². The zero-order valence-electron chi connectivity index (χ0n) is 18.9. The molecule has 1 N–H and O–H groups in total. The lowest BCUT2D eigenvalue weighted by molar-refractivity contribution is -0.128. The van der Waals surface area contributed by atoms with Crippen LogP contribution in [0.25, 0.3) is 0 Å². The van der Waals surface area contributed by atoms with Gasteiger partial charge in [0, 0.05) is 19.6 Å². The number of rotatable bonds is 6. The Labute approximate surface area is 192 Å². The molecule has 1 heterocycles. The average Bonchev–Trinajstić information content (AvgIpc) is 2.84. The molecular formula is C26H34N2O3S. The van der Waals surface area contributed by atoms with Crippen LogP contribution >= 0.6 is 0 Å². The molecule has 2 aromatic rings. The lowest BCUT2D eigenvalue weighted by atomic mass is 9.67. The van der Waals surface area contributed by atoms with E-state index in [1.165, 1.54) is 17.5 Å². The number of sulfonamides is 1. The summed E-state index contributed by atoms with van der Waals surface area (Å²) >= 11 is 0. The molecule has 1 aliphatic heterocycles. The monoisotopic (exact) mass is 454 g/mol. The third-order valence-corrected chi connectivity index (χ3v) is 9.22. The molecule has 172 valence electrons. The molecule has 1 saturated carbocycles. The molecule has 4 rings (SSSR count). The number of nitrogens with zero attached hydrogens (tertiary/aromatic N) is 1. The van der Waals surface area contributed by atoms with Crippen LogP contribution in [0.2, 0.25) is 0 Å². The minimum absolute atomic E-state index is 0.144. The van der Waals surface area contributed by atoms with Crippen LogP contribution in [0.1, 0.15) is 56.1 Å².